The Balaban J connectivity index is 2.43. The highest BCUT2D eigenvalue weighted by atomic mass is 32.2. The van der Waals surface area contributed by atoms with Gasteiger partial charge in [0, 0.05) is 0 Å². The molecule has 0 bridgehead atoms. The maximum Gasteiger partial charge on any atom is 0.262 e. The third-order valence-electron chi connectivity index (χ3n) is 3.43. The number of sulfonamides is 1. The quantitative estimate of drug-likeness (QED) is 0.919. The van der Waals surface area contributed by atoms with Crippen LogP contribution >= 0.6 is 0 Å². The van der Waals surface area contributed by atoms with Gasteiger partial charge in [0.25, 0.3) is 10.0 Å². The van der Waals surface area contributed by atoms with Crippen molar-refractivity contribution in [2.24, 2.45) is 0 Å². The van der Waals surface area contributed by atoms with Crippen LogP contribution in [-0.4, -0.2) is 15.5 Å². The second-order valence-corrected chi connectivity index (χ2v) is 7.91. The fourth-order valence-corrected chi connectivity index (χ4v) is 3.13. The minimum Gasteiger partial charge on any atom is -0.495 e. The minimum absolute atomic E-state index is 0.0119. The molecular weight excluding hydrogens is 317 g/mol. The Labute approximate surface area is 136 Å². The van der Waals surface area contributed by atoms with E-state index in [1.807, 2.05) is 26.8 Å². The molecule has 6 heteroatoms. The molecule has 0 saturated heterocycles. The highest BCUT2D eigenvalue weighted by Crippen LogP contribution is 2.32. The molecule has 0 aliphatic heterocycles. The lowest BCUT2D eigenvalue weighted by atomic mass is 9.87. The lowest BCUT2D eigenvalue weighted by Crippen LogP contribution is -2.16. The molecule has 0 aliphatic rings. The molecular formula is C17H20FNO3S. The van der Waals surface area contributed by atoms with Crippen LogP contribution in [0.3, 0.4) is 0 Å². The summed E-state index contributed by atoms with van der Waals surface area (Å²) < 4.78 is 45.6. The van der Waals surface area contributed by atoms with Crippen LogP contribution in [0.25, 0.3) is 0 Å². The van der Waals surface area contributed by atoms with Crippen molar-refractivity contribution in [1.29, 1.82) is 0 Å². The van der Waals surface area contributed by atoms with E-state index < -0.39 is 15.8 Å². The molecule has 1 N–H and O–H groups in total. The van der Waals surface area contributed by atoms with Gasteiger partial charge in [-0.2, -0.15) is 0 Å². The summed E-state index contributed by atoms with van der Waals surface area (Å²) in [5, 5.41) is 0. The van der Waals surface area contributed by atoms with Crippen molar-refractivity contribution in [3.63, 3.8) is 0 Å². The van der Waals surface area contributed by atoms with Gasteiger partial charge in [-0.05, 0) is 47.4 Å². The number of anilines is 1. The molecule has 0 atom stereocenters. The maximum atomic E-state index is 13.0. The summed E-state index contributed by atoms with van der Waals surface area (Å²) in [6, 6.07) is 10.0. The van der Waals surface area contributed by atoms with Gasteiger partial charge in [-0.15, -0.1) is 0 Å². The van der Waals surface area contributed by atoms with E-state index in [0.29, 0.717) is 11.4 Å². The van der Waals surface area contributed by atoms with Gasteiger partial charge in [-0.25, -0.2) is 12.8 Å². The first kappa shape index (κ1) is 17.3. The van der Waals surface area contributed by atoms with Gasteiger partial charge in [-0.1, -0.05) is 26.8 Å². The maximum absolute atomic E-state index is 13.0. The summed E-state index contributed by atoms with van der Waals surface area (Å²) >= 11 is 0. The van der Waals surface area contributed by atoms with E-state index in [2.05, 4.69) is 4.72 Å². The molecule has 0 aromatic heterocycles. The Kier molecular flexibility index (Phi) is 4.66. The molecule has 2 rings (SSSR count). The predicted molar refractivity (Wildman–Crippen MR) is 88.9 cm³/mol. The van der Waals surface area contributed by atoms with E-state index in [4.69, 9.17) is 4.74 Å². The normalized spacial score (nSPS) is 12.0. The molecule has 0 unspecified atom stereocenters. The molecule has 4 nitrogen and oxygen atoms in total. The number of hydrogen-bond donors (Lipinski definition) is 1. The van der Waals surface area contributed by atoms with Crippen LogP contribution in [0.1, 0.15) is 26.3 Å². The molecule has 124 valence electrons. The van der Waals surface area contributed by atoms with Gasteiger partial charge in [0.1, 0.15) is 11.6 Å². The molecule has 2 aromatic rings. The van der Waals surface area contributed by atoms with E-state index in [1.54, 1.807) is 12.1 Å². The van der Waals surface area contributed by atoms with Gasteiger partial charge in [-0.3, -0.25) is 4.72 Å². The van der Waals surface area contributed by atoms with Crippen molar-refractivity contribution in [3.05, 3.63) is 53.8 Å². The number of nitrogens with one attached hydrogen (secondary N) is 1. The molecule has 0 saturated carbocycles. The Morgan fingerprint density at radius 1 is 1.04 bits per heavy atom. The van der Waals surface area contributed by atoms with Crippen LogP contribution in [0.5, 0.6) is 5.75 Å². The first-order valence-corrected chi connectivity index (χ1v) is 8.59. The van der Waals surface area contributed by atoms with Gasteiger partial charge in [0.15, 0.2) is 0 Å². The fourth-order valence-electron chi connectivity index (χ4n) is 2.07. The topological polar surface area (TPSA) is 55.4 Å². The van der Waals surface area contributed by atoms with E-state index in [1.165, 1.54) is 19.2 Å². The fraction of sp³-hybridized carbons (Fsp3) is 0.294. The van der Waals surface area contributed by atoms with Crippen molar-refractivity contribution < 1.29 is 17.5 Å². The molecule has 0 heterocycles. The van der Waals surface area contributed by atoms with Crippen molar-refractivity contribution in [2.45, 2.75) is 31.1 Å². The highest BCUT2D eigenvalue weighted by molar-refractivity contribution is 7.92. The van der Waals surface area contributed by atoms with Crippen LogP contribution in [-0.2, 0) is 15.4 Å². The van der Waals surface area contributed by atoms with Crippen LogP contribution in [0.4, 0.5) is 10.1 Å². The van der Waals surface area contributed by atoms with Gasteiger partial charge in [0.2, 0.25) is 0 Å². The van der Waals surface area contributed by atoms with Crippen molar-refractivity contribution in [1.82, 2.24) is 0 Å². The van der Waals surface area contributed by atoms with Gasteiger partial charge >= 0.3 is 0 Å². The number of ether oxygens (including phenoxy) is 1. The standard InChI is InChI=1S/C17H20FNO3S/c1-17(2,3)12-5-10-16(22-4)15(11-12)19-23(20,21)14-8-6-13(18)7-9-14/h5-11,19H,1-4H3. The molecule has 0 spiro atoms. The summed E-state index contributed by atoms with van der Waals surface area (Å²) in [4.78, 5) is -0.0119. The Bertz CT molecular complexity index is 794. The van der Waals surface area contributed by atoms with Crippen molar-refractivity contribution >= 4 is 15.7 Å². The summed E-state index contributed by atoms with van der Waals surface area (Å²) in [5.74, 6) is -0.0695. The molecule has 0 radical (unpaired) electrons. The second kappa shape index (κ2) is 6.20. The zero-order valence-corrected chi connectivity index (χ0v) is 14.4. The first-order chi connectivity index (χ1) is 10.6. The van der Waals surface area contributed by atoms with Crippen LogP contribution < -0.4 is 9.46 Å². The SMILES string of the molecule is COc1ccc(C(C)(C)C)cc1NS(=O)(=O)c1ccc(F)cc1. The molecule has 2 aromatic carbocycles. The van der Waals surface area contributed by atoms with Crippen LogP contribution in [0.15, 0.2) is 47.4 Å². The number of methoxy groups -OCH3 is 1. The van der Waals surface area contributed by atoms with E-state index >= 15 is 0 Å². The summed E-state index contributed by atoms with van der Waals surface area (Å²) in [6.07, 6.45) is 0. The molecule has 23 heavy (non-hydrogen) atoms. The lowest BCUT2D eigenvalue weighted by molar-refractivity contribution is 0.416. The van der Waals surface area contributed by atoms with Crippen LogP contribution in [0.2, 0.25) is 0 Å². The minimum atomic E-state index is -3.82. The molecule has 0 fully saturated rings. The third kappa shape index (κ3) is 4.01. The Morgan fingerprint density at radius 3 is 2.17 bits per heavy atom. The third-order valence-corrected chi connectivity index (χ3v) is 4.82. The lowest BCUT2D eigenvalue weighted by Gasteiger charge is -2.21. The molecule has 0 aliphatic carbocycles. The van der Waals surface area contributed by atoms with E-state index in [9.17, 15) is 12.8 Å². The number of benzene rings is 2. The summed E-state index contributed by atoms with van der Waals surface area (Å²) in [6.45, 7) is 6.10. The zero-order chi connectivity index (χ0) is 17.3. The summed E-state index contributed by atoms with van der Waals surface area (Å²) in [5.41, 5.74) is 1.18. The van der Waals surface area contributed by atoms with Crippen LogP contribution in [0, 0.1) is 5.82 Å². The van der Waals surface area contributed by atoms with Gasteiger partial charge < -0.3 is 4.74 Å². The molecule has 0 amide bonds. The first-order valence-electron chi connectivity index (χ1n) is 7.10. The Hall–Kier alpha value is -2.08. The zero-order valence-electron chi connectivity index (χ0n) is 13.6. The van der Waals surface area contributed by atoms with Crippen molar-refractivity contribution in [2.75, 3.05) is 11.8 Å². The summed E-state index contributed by atoms with van der Waals surface area (Å²) in [7, 11) is -2.35. The average Bonchev–Trinajstić information content (AvgIpc) is 2.46. The number of hydrogen-bond acceptors (Lipinski definition) is 3. The predicted octanol–water partition coefficient (Wildman–Crippen LogP) is 3.93. The van der Waals surface area contributed by atoms with E-state index in [-0.39, 0.29) is 10.3 Å². The number of rotatable bonds is 4. The largest absolute Gasteiger partial charge is 0.495 e. The highest BCUT2D eigenvalue weighted by Gasteiger charge is 2.20. The second-order valence-electron chi connectivity index (χ2n) is 6.22. The van der Waals surface area contributed by atoms with E-state index in [0.717, 1.165) is 17.7 Å². The van der Waals surface area contributed by atoms with Crippen molar-refractivity contribution in [3.8, 4) is 5.75 Å². The Morgan fingerprint density at radius 2 is 1.65 bits per heavy atom. The monoisotopic (exact) mass is 337 g/mol. The number of halogens is 1. The smallest absolute Gasteiger partial charge is 0.262 e. The average molecular weight is 337 g/mol. The van der Waals surface area contributed by atoms with Gasteiger partial charge in [0.05, 0.1) is 17.7 Å².